The van der Waals surface area contributed by atoms with Gasteiger partial charge < -0.3 is 9.84 Å². The zero-order valence-corrected chi connectivity index (χ0v) is 10.4. The minimum absolute atomic E-state index is 0.181. The molecule has 18 heavy (non-hydrogen) atoms. The first-order valence-corrected chi connectivity index (χ1v) is 6.32. The van der Waals surface area contributed by atoms with Crippen LogP contribution in [-0.2, 0) is 11.2 Å². The van der Waals surface area contributed by atoms with Gasteiger partial charge in [-0.05, 0) is 36.1 Å². The number of fused-ring (bicyclic) bond motifs is 1. The van der Waals surface area contributed by atoms with Crippen molar-refractivity contribution in [3.8, 4) is 5.75 Å². The summed E-state index contributed by atoms with van der Waals surface area (Å²) in [4.78, 5) is 13.1. The third kappa shape index (κ3) is 1.77. The molecule has 1 heterocycles. The van der Waals surface area contributed by atoms with Gasteiger partial charge in [0, 0.05) is 19.1 Å². The Labute approximate surface area is 106 Å². The smallest absolute Gasteiger partial charge is 0.309 e. The molecule has 2 aliphatic rings. The topological polar surface area (TPSA) is 49.8 Å². The van der Waals surface area contributed by atoms with Crippen LogP contribution in [0.4, 0.5) is 0 Å². The summed E-state index contributed by atoms with van der Waals surface area (Å²) in [6, 6.07) is 6.60. The molecular formula is C14H17NO3. The van der Waals surface area contributed by atoms with E-state index in [1.165, 1.54) is 11.1 Å². The number of hydrogen-bond acceptors (Lipinski definition) is 3. The molecule has 0 aromatic heterocycles. The van der Waals surface area contributed by atoms with Crippen LogP contribution >= 0.6 is 0 Å². The van der Waals surface area contributed by atoms with E-state index < -0.39 is 5.97 Å². The zero-order chi connectivity index (χ0) is 12.7. The van der Waals surface area contributed by atoms with E-state index in [4.69, 9.17) is 9.84 Å². The molecule has 1 atom stereocenters. The molecule has 1 fully saturated rings. The maximum Gasteiger partial charge on any atom is 0.309 e. The maximum atomic E-state index is 10.8. The Bertz CT molecular complexity index is 480. The number of benzene rings is 1. The predicted octanol–water partition coefficient (Wildman–Crippen LogP) is 1.70. The van der Waals surface area contributed by atoms with Gasteiger partial charge in [0.1, 0.15) is 5.75 Å². The van der Waals surface area contributed by atoms with Crippen molar-refractivity contribution in [1.82, 2.24) is 4.90 Å². The number of aliphatic carboxylic acids is 1. The number of ether oxygens (including phenoxy) is 1. The number of rotatable bonds is 3. The van der Waals surface area contributed by atoms with Crippen molar-refractivity contribution >= 4 is 5.97 Å². The number of aryl methyl sites for hydroxylation is 1. The predicted molar refractivity (Wildman–Crippen MR) is 66.8 cm³/mol. The third-order valence-corrected chi connectivity index (χ3v) is 4.10. The van der Waals surface area contributed by atoms with Gasteiger partial charge >= 0.3 is 5.97 Å². The lowest BCUT2D eigenvalue weighted by Crippen LogP contribution is -2.51. The van der Waals surface area contributed by atoms with Crippen LogP contribution in [0.2, 0.25) is 0 Å². The fourth-order valence-electron chi connectivity index (χ4n) is 2.99. The molecule has 1 aromatic carbocycles. The van der Waals surface area contributed by atoms with Crippen LogP contribution < -0.4 is 4.74 Å². The number of hydrogen-bond donors (Lipinski definition) is 1. The average molecular weight is 247 g/mol. The van der Waals surface area contributed by atoms with Crippen molar-refractivity contribution < 1.29 is 14.6 Å². The first-order valence-electron chi connectivity index (χ1n) is 6.32. The van der Waals surface area contributed by atoms with Crippen molar-refractivity contribution in [2.75, 3.05) is 20.2 Å². The normalized spacial score (nSPS) is 23.5. The molecule has 4 heteroatoms. The Hall–Kier alpha value is -1.55. The number of methoxy groups -OCH3 is 1. The van der Waals surface area contributed by atoms with E-state index in [1.54, 1.807) is 7.11 Å². The molecule has 1 aliphatic heterocycles. The second-order valence-electron chi connectivity index (χ2n) is 5.11. The summed E-state index contributed by atoms with van der Waals surface area (Å²) in [7, 11) is 1.68. The van der Waals surface area contributed by atoms with E-state index in [2.05, 4.69) is 17.0 Å². The lowest BCUT2D eigenvalue weighted by atomic mass is 9.95. The SMILES string of the molecule is COc1ccc2c(c1)C(N1CC(C(=O)O)C1)CC2. The Morgan fingerprint density at radius 3 is 2.89 bits per heavy atom. The number of carboxylic acid groups (broad SMARTS) is 1. The van der Waals surface area contributed by atoms with Gasteiger partial charge in [0.05, 0.1) is 13.0 Å². The molecule has 0 bridgehead atoms. The van der Waals surface area contributed by atoms with Gasteiger partial charge in [-0.3, -0.25) is 9.69 Å². The quantitative estimate of drug-likeness (QED) is 0.883. The molecular weight excluding hydrogens is 230 g/mol. The Morgan fingerprint density at radius 2 is 2.22 bits per heavy atom. The standard InChI is InChI=1S/C14H17NO3/c1-18-11-4-2-9-3-5-13(12(9)6-11)15-7-10(8-15)14(16)17/h2,4,6,10,13H,3,5,7-8H2,1H3,(H,16,17). The summed E-state index contributed by atoms with van der Waals surface area (Å²) < 4.78 is 5.27. The van der Waals surface area contributed by atoms with Crippen LogP contribution in [0.15, 0.2) is 18.2 Å². The monoisotopic (exact) mass is 247 g/mol. The highest BCUT2D eigenvalue weighted by Crippen LogP contribution is 2.40. The van der Waals surface area contributed by atoms with Crippen LogP contribution in [0.3, 0.4) is 0 Å². The molecule has 0 saturated carbocycles. The highest BCUT2D eigenvalue weighted by molar-refractivity contribution is 5.71. The molecule has 0 spiro atoms. The van der Waals surface area contributed by atoms with Gasteiger partial charge in [0.25, 0.3) is 0 Å². The fraction of sp³-hybridized carbons (Fsp3) is 0.500. The second kappa shape index (κ2) is 4.28. The summed E-state index contributed by atoms with van der Waals surface area (Å²) >= 11 is 0. The first kappa shape index (κ1) is 11.5. The lowest BCUT2D eigenvalue weighted by molar-refractivity contribution is -0.148. The van der Waals surface area contributed by atoms with E-state index in [0.29, 0.717) is 19.1 Å². The van der Waals surface area contributed by atoms with Crippen molar-refractivity contribution in [3.05, 3.63) is 29.3 Å². The third-order valence-electron chi connectivity index (χ3n) is 4.10. The van der Waals surface area contributed by atoms with Gasteiger partial charge in [-0.15, -0.1) is 0 Å². The van der Waals surface area contributed by atoms with E-state index in [1.807, 2.05) is 6.07 Å². The lowest BCUT2D eigenvalue weighted by Gasteiger charge is -2.41. The van der Waals surface area contributed by atoms with Gasteiger partial charge in [-0.2, -0.15) is 0 Å². The van der Waals surface area contributed by atoms with Gasteiger partial charge in [-0.25, -0.2) is 0 Å². The van der Waals surface area contributed by atoms with E-state index in [9.17, 15) is 4.79 Å². The molecule has 3 rings (SSSR count). The average Bonchev–Trinajstić information content (AvgIpc) is 2.70. The summed E-state index contributed by atoms with van der Waals surface area (Å²) in [6.07, 6.45) is 2.17. The van der Waals surface area contributed by atoms with Crippen LogP contribution in [-0.4, -0.2) is 36.2 Å². The van der Waals surface area contributed by atoms with Gasteiger partial charge in [0.15, 0.2) is 0 Å². The van der Waals surface area contributed by atoms with Gasteiger partial charge in [0.2, 0.25) is 0 Å². The number of nitrogens with zero attached hydrogens (tertiary/aromatic N) is 1. The first-order chi connectivity index (χ1) is 8.69. The maximum absolute atomic E-state index is 10.8. The second-order valence-corrected chi connectivity index (χ2v) is 5.11. The summed E-state index contributed by atoms with van der Waals surface area (Å²) in [6.45, 7) is 1.35. The molecule has 1 N–H and O–H groups in total. The van der Waals surface area contributed by atoms with Crippen LogP contribution in [0, 0.1) is 5.92 Å². The number of carboxylic acids is 1. The van der Waals surface area contributed by atoms with E-state index in [-0.39, 0.29) is 5.92 Å². The number of likely N-dealkylation sites (tertiary alicyclic amines) is 1. The summed E-state index contributed by atoms with van der Waals surface area (Å²) in [5.41, 5.74) is 2.69. The summed E-state index contributed by atoms with van der Waals surface area (Å²) in [5.74, 6) is 0.0331. The molecule has 1 aromatic rings. The molecule has 0 radical (unpaired) electrons. The molecule has 4 nitrogen and oxygen atoms in total. The zero-order valence-electron chi connectivity index (χ0n) is 10.4. The minimum atomic E-state index is -0.671. The van der Waals surface area contributed by atoms with Crippen molar-refractivity contribution in [2.24, 2.45) is 5.92 Å². The Balaban J connectivity index is 1.77. The highest BCUT2D eigenvalue weighted by atomic mass is 16.5. The number of carbonyl (C=O) groups is 1. The molecule has 0 amide bonds. The minimum Gasteiger partial charge on any atom is -0.497 e. The van der Waals surface area contributed by atoms with Crippen molar-refractivity contribution in [2.45, 2.75) is 18.9 Å². The van der Waals surface area contributed by atoms with E-state index >= 15 is 0 Å². The van der Waals surface area contributed by atoms with Crippen LogP contribution in [0.25, 0.3) is 0 Å². The van der Waals surface area contributed by atoms with Crippen LogP contribution in [0.1, 0.15) is 23.6 Å². The highest BCUT2D eigenvalue weighted by Gasteiger charge is 2.39. The molecule has 96 valence electrons. The fourth-order valence-corrected chi connectivity index (χ4v) is 2.99. The van der Waals surface area contributed by atoms with E-state index in [0.717, 1.165) is 18.6 Å². The van der Waals surface area contributed by atoms with Crippen molar-refractivity contribution in [3.63, 3.8) is 0 Å². The van der Waals surface area contributed by atoms with Crippen LogP contribution in [0.5, 0.6) is 5.75 Å². The van der Waals surface area contributed by atoms with Gasteiger partial charge in [-0.1, -0.05) is 6.07 Å². The Kier molecular flexibility index (Phi) is 2.74. The molecule has 1 unspecified atom stereocenters. The summed E-state index contributed by atoms with van der Waals surface area (Å²) in [5, 5.41) is 8.92. The Morgan fingerprint density at radius 1 is 1.44 bits per heavy atom. The van der Waals surface area contributed by atoms with Crippen molar-refractivity contribution in [1.29, 1.82) is 0 Å². The largest absolute Gasteiger partial charge is 0.497 e. The molecule has 1 saturated heterocycles. The molecule has 1 aliphatic carbocycles.